The van der Waals surface area contributed by atoms with Gasteiger partial charge in [-0.2, -0.15) is 0 Å². The summed E-state index contributed by atoms with van der Waals surface area (Å²) in [5.74, 6) is 1.26. The first-order valence-electron chi connectivity index (χ1n) is 6.98. The fourth-order valence-corrected chi connectivity index (χ4v) is 2.78. The Kier molecular flexibility index (Phi) is 5.88. The second kappa shape index (κ2) is 7.66. The zero-order valence-corrected chi connectivity index (χ0v) is 14.1. The van der Waals surface area contributed by atoms with E-state index >= 15 is 0 Å². The maximum atomic E-state index is 6.25. The number of rotatable bonds is 7. The molecule has 0 amide bonds. The van der Waals surface area contributed by atoms with Crippen LogP contribution in [0.25, 0.3) is 0 Å². The van der Waals surface area contributed by atoms with Crippen molar-refractivity contribution in [3.05, 3.63) is 46.3 Å². The number of halogens is 1. The van der Waals surface area contributed by atoms with Crippen LogP contribution in [0, 0.1) is 19.3 Å². The van der Waals surface area contributed by atoms with Gasteiger partial charge in [-0.3, -0.25) is 0 Å². The Hall–Kier alpha value is -1.26. The van der Waals surface area contributed by atoms with Crippen molar-refractivity contribution in [2.45, 2.75) is 20.8 Å². The highest BCUT2D eigenvalue weighted by Crippen LogP contribution is 2.25. The van der Waals surface area contributed by atoms with Gasteiger partial charge < -0.3 is 10.1 Å². The van der Waals surface area contributed by atoms with Crippen LogP contribution in [0.5, 0.6) is 5.75 Å². The number of nitrogens with one attached hydrogen (secondary N) is 1. The highest BCUT2D eigenvalue weighted by molar-refractivity contribution is 7.15. The molecule has 1 aromatic carbocycles. The van der Waals surface area contributed by atoms with E-state index in [2.05, 4.69) is 30.6 Å². The molecular weight excluding hydrogens is 304 g/mol. The Bertz CT molecular complexity index is 583. The average Bonchev–Trinajstić information content (AvgIpc) is 2.83. The Morgan fingerprint density at radius 1 is 1.43 bits per heavy atom. The summed E-state index contributed by atoms with van der Waals surface area (Å²) < 4.78 is 5.69. The van der Waals surface area contributed by atoms with Gasteiger partial charge in [0.2, 0.25) is 0 Å². The molecule has 21 heavy (non-hydrogen) atoms. The van der Waals surface area contributed by atoms with E-state index in [1.54, 1.807) is 11.3 Å². The van der Waals surface area contributed by atoms with Gasteiger partial charge in [0.1, 0.15) is 12.4 Å². The van der Waals surface area contributed by atoms with Gasteiger partial charge >= 0.3 is 0 Å². The van der Waals surface area contributed by atoms with Crippen LogP contribution in [-0.4, -0.2) is 18.1 Å². The predicted molar refractivity (Wildman–Crippen MR) is 90.5 cm³/mol. The molecule has 1 radical (unpaired) electrons. The normalized spacial score (nSPS) is 10.9. The van der Waals surface area contributed by atoms with Crippen LogP contribution in [0.2, 0.25) is 5.02 Å². The third-order valence-corrected chi connectivity index (χ3v) is 3.95. The summed E-state index contributed by atoms with van der Waals surface area (Å²) in [5, 5.41) is 4.88. The Morgan fingerprint density at radius 2 is 2.24 bits per heavy atom. The lowest BCUT2D eigenvalue weighted by atomic mass is 10.0. The quantitative estimate of drug-likeness (QED) is 0.743. The van der Waals surface area contributed by atoms with Crippen molar-refractivity contribution in [2.24, 2.45) is 5.92 Å². The maximum absolute atomic E-state index is 6.25. The number of nitrogens with zero attached hydrogens (tertiary/aromatic N) is 1. The number of hydrogen-bond acceptors (Lipinski definition) is 4. The molecule has 0 saturated carbocycles. The van der Waals surface area contributed by atoms with Crippen LogP contribution in [0.3, 0.4) is 0 Å². The third-order valence-electron chi connectivity index (χ3n) is 2.75. The van der Waals surface area contributed by atoms with Crippen molar-refractivity contribution in [3.63, 3.8) is 0 Å². The second-order valence-corrected chi connectivity index (χ2v) is 6.79. The summed E-state index contributed by atoms with van der Waals surface area (Å²) in [6, 6.07) is 5.81. The van der Waals surface area contributed by atoms with Gasteiger partial charge in [-0.15, -0.1) is 11.3 Å². The van der Waals surface area contributed by atoms with Crippen LogP contribution in [-0.2, 0) is 0 Å². The van der Waals surface area contributed by atoms with E-state index in [0.717, 1.165) is 21.5 Å². The molecule has 0 bridgehead atoms. The minimum absolute atomic E-state index is 0.472. The van der Waals surface area contributed by atoms with E-state index in [-0.39, 0.29) is 0 Å². The second-order valence-electron chi connectivity index (χ2n) is 5.15. The van der Waals surface area contributed by atoms with Gasteiger partial charge in [-0.05, 0) is 37.0 Å². The highest BCUT2D eigenvalue weighted by atomic mass is 35.5. The number of thiazole rings is 1. The van der Waals surface area contributed by atoms with E-state index in [1.165, 1.54) is 4.88 Å². The first-order valence-corrected chi connectivity index (χ1v) is 8.17. The zero-order valence-electron chi connectivity index (χ0n) is 12.5. The lowest BCUT2D eigenvalue weighted by molar-refractivity contribution is 0.333. The standard InChI is InChI=1S/C16H20ClN2OS/c1-11(2)8-13-4-5-14(9-15(13)17)20-7-6-18-16-19-10-12(3)21-16/h4-5,8-11H,6-7H2,1-3H3,(H,18,19). The van der Waals surface area contributed by atoms with E-state index in [4.69, 9.17) is 16.3 Å². The summed E-state index contributed by atoms with van der Waals surface area (Å²) in [7, 11) is 0. The fraction of sp³-hybridized carbons (Fsp3) is 0.375. The van der Waals surface area contributed by atoms with Crippen LogP contribution in [0.4, 0.5) is 5.13 Å². The Labute approximate surface area is 135 Å². The highest BCUT2D eigenvalue weighted by Gasteiger charge is 2.05. The molecule has 0 aliphatic rings. The van der Waals surface area contributed by atoms with Gasteiger partial charge in [0, 0.05) is 16.1 Å². The molecule has 0 fully saturated rings. The predicted octanol–water partition coefficient (Wildman–Crippen LogP) is 4.80. The van der Waals surface area contributed by atoms with Crippen LogP contribution in [0.1, 0.15) is 24.3 Å². The smallest absolute Gasteiger partial charge is 0.182 e. The average molecular weight is 324 g/mol. The van der Waals surface area contributed by atoms with E-state index in [0.29, 0.717) is 19.1 Å². The lowest BCUT2D eigenvalue weighted by Gasteiger charge is -2.10. The monoisotopic (exact) mass is 323 g/mol. The van der Waals surface area contributed by atoms with Gasteiger partial charge in [-0.1, -0.05) is 31.5 Å². The first-order chi connectivity index (χ1) is 10.0. The SMILES string of the molecule is Cc1cnc(NCCOc2ccc([CH]C(C)C)c(Cl)c2)s1. The summed E-state index contributed by atoms with van der Waals surface area (Å²) in [6.45, 7) is 7.59. The summed E-state index contributed by atoms with van der Waals surface area (Å²) in [4.78, 5) is 5.44. The number of benzene rings is 1. The molecule has 2 rings (SSSR count). The summed E-state index contributed by atoms with van der Waals surface area (Å²) in [5.41, 5.74) is 1.05. The van der Waals surface area contributed by atoms with Gasteiger partial charge in [-0.25, -0.2) is 4.98 Å². The van der Waals surface area contributed by atoms with Gasteiger partial charge in [0.15, 0.2) is 5.13 Å². The fourth-order valence-electron chi connectivity index (χ4n) is 1.86. The molecule has 113 valence electrons. The number of aromatic nitrogens is 1. The third kappa shape index (κ3) is 5.21. The Balaban J connectivity index is 1.79. The molecule has 0 saturated heterocycles. The molecule has 0 unspecified atom stereocenters. The van der Waals surface area contributed by atoms with Crippen LogP contribution >= 0.6 is 22.9 Å². The van der Waals surface area contributed by atoms with E-state index in [9.17, 15) is 0 Å². The minimum atomic E-state index is 0.472. The van der Waals surface area contributed by atoms with Gasteiger partial charge in [0.25, 0.3) is 0 Å². The molecule has 1 heterocycles. The largest absolute Gasteiger partial charge is 0.492 e. The minimum Gasteiger partial charge on any atom is -0.492 e. The first kappa shape index (κ1) is 16.1. The number of anilines is 1. The molecule has 5 heteroatoms. The van der Waals surface area contributed by atoms with Crippen molar-refractivity contribution < 1.29 is 4.74 Å². The van der Waals surface area contributed by atoms with E-state index < -0.39 is 0 Å². The number of hydrogen-bond donors (Lipinski definition) is 1. The maximum Gasteiger partial charge on any atom is 0.182 e. The van der Waals surface area contributed by atoms with Crippen LogP contribution in [0.15, 0.2) is 24.4 Å². The molecule has 0 atom stereocenters. The van der Waals surface area contributed by atoms with Crippen molar-refractivity contribution in [3.8, 4) is 5.75 Å². The lowest BCUT2D eigenvalue weighted by Crippen LogP contribution is -2.11. The molecule has 3 nitrogen and oxygen atoms in total. The van der Waals surface area contributed by atoms with Crippen molar-refractivity contribution >= 4 is 28.1 Å². The van der Waals surface area contributed by atoms with Gasteiger partial charge in [0.05, 0.1) is 6.54 Å². The van der Waals surface area contributed by atoms with Crippen molar-refractivity contribution in [2.75, 3.05) is 18.5 Å². The molecular formula is C16H20ClN2OS. The summed E-state index contributed by atoms with van der Waals surface area (Å²) in [6.07, 6.45) is 4.00. The molecule has 0 spiro atoms. The number of aryl methyl sites for hydroxylation is 1. The molecule has 2 aromatic rings. The molecule has 1 aromatic heterocycles. The van der Waals surface area contributed by atoms with Crippen LogP contribution < -0.4 is 10.1 Å². The molecule has 0 aliphatic carbocycles. The molecule has 0 aliphatic heterocycles. The van der Waals surface area contributed by atoms with E-state index in [1.807, 2.05) is 31.3 Å². The topological polar surface area (TPSA) is 34.2 Å². The number of ether oxygens (including phenoxy) is 1. The van der Waals surface area contributed by atoms with Crippen molar-refractivity contribution in [1.82, 2.24) is 4.98 Å². The Morgan fingerprint density at radius 3 is 2.86 bits per heavy atom. The molecule has 1 N–H and O–H groups in total. The zero-order chi connectivity index (χ0) is 15.2. The summed E-state index contributed by atoms with van der Waals surface area (Å²) >= 11 is 7.89. The van der Waals surface area contributed by atoms with Crippen molar-refractivity contribution in [1.29, 1.82) is 0 Å².